The van der Waals surface area contributed by atoms with E-state index >= 15 is 0 Å². The molecular formula is C18H17F2N5O2S. The summed E-state index contributed by atoms with van der Waals surface area (Å²) in [4.78, 5) is 24.4. The molecule has 4 rings (SSSR count). The summed E-state index contributed by atoms with van der Waals surface area (Å²) in [6.45, 7) is 1.83. The Morgan fingerprint density at radius 3 is 2.86 bits per heavy atom. The molecule has 3 aromatic heterocycles. The zero-order valence-corrected chi connectivity index (χ0v) is 16.0. The molecule has 0 fully saturated rings. The van der Waals surface area contributed by atoms with Gasteiger partial charge in [0.2, 0.25) is 5.88 Å². The lowest BCUT2D eigenvalue weighted by Crippen LogP contribution is -2.23. The summed E-state index contributed by atoms with van der Waals surface area (Å²) in [5, 5.41) is 4.35. The van der Waals surface area contributed by atoms with E-state index in [0.717, 1.165) is 21.0 Å². The largest absolute Gasteiger partial charge is 0.471 e. The fraction of sp³-hybridized carbons (Fsp3) is 0.333. The molecule has 4 heterocycles. The van der Waals surface area contributed by atoms with Crippen LogP contribution in [0.25, 0.3) is 10.4 Å². The molecule has 0 saturated heterocycles. The molecule has 146 valence electrons. The van der Waals surface area contributed by atoms with Crippen LogP contribution < -0.4 is 4.74 Å². The molecule has 0 bridgehead atoms. The van der Waals surface area contributed by atoms with E-state index in [1.165, 1.54) is 6.33 Å². The summed E-state index contributed by atoms with van der Waals surface area (Å²) < 4.78 is 31.6. The van der Waals surface area contributed by atoms with Gasteiger partial charge in [-0.1, -0.05) is 0 Å². The number of nitrogens with zero attached hydrogens (tertiary/aromatic N) is 5. The Kier molecular flexibility index (Phi) is 4.80. The van der Waals surface area contributed by atoms with Crippen molar-refractivity contribution < 1.29 is 18.3 Å². The predicted octanol–water partition coefficient (Wildman–Crippen LogP) is 3.05. The Balaban J connectivity index is 1.52. The number of halogens is 2. The molecule has 28 heavy (non-hydrogen) atoms. The molecule has 0 aromatic carbocycles. The summed E-state index contributed by atoms with van der Waals surface area (Å²) in [7, 11) is 1.87. The van der Waals surface area contributed by atoms with Crippen molar-refractivity contribution in [3.63, 3.8) is 0 Å². The minimum absolute atomic E-state index is 0.0874. The number of hydrogen-bond donors (Lipinski definition) is 0. The summed E-state index contributed by atoms with van der Waals surface area (Å²) >= 11 is 1.59. The van der Waals surface area contributed by atoms with Gasteiger partial charge in [0, 0.05) is 28.6 Å². The molecule has 0 N–H and O–H groups in total. The van der Waals surface area contributed by atoms with Crippen molar-refractivity contribution in [1.82, 2.24) is 24.6 Å². The smallest absolute Gasteiger partial charge is 0.272 e. The van der Waals surface area contributed by atoms with Crippen molar-refractivity contribution in [2.45, 2.75) is 26.4 Å². The first-order chi connectivity index (χ1) is 13.4. The van der Waals surface area contributed by atoms with Crippen molar-refractivity contribution in [3.05, 3.63) is 46.5 Å². The maximum Gasteiger partial charge on any atom is 0.272 e. The summed E-state index contributed by atoms with van der Waals surface area (Å²) in [6.07, 6.45) is 0.549. The van der Waals surface area contributed by atoms with Crippen LogP contribution in [0, 0.1) is 6.92 Å². The van der Waals surface area contributed by atoms with Gasteiger partial charge in [-0.3, -0.25) is 9.48 Å². The Labute approximate surface area is 163 Å². The fourth-order valence-corrected chi connectivity index (χ4v) is 4.25. The summed E-state index contributed by atoms with van der Waals surface area (Å²) in [5.41, 5.74) is 2.66. The van der Waals surface area contributed by atoms with E-state index in [1.54, 1.807) is 20.9 Å². The van der Waals surface area contributed by atoms with Gasteiger partial charge < -0.3 is 9.64 Å². The van der Waals surface area contributed by atoms with Crippen molar-refractivity contribution in [2.75, 3.05) is 6.61 Å². The number of carbonyl (C=O) groups excluding carboxylic acids is 1. The summed E-state index contributed by atoms with van der Waals surface area (Å²) in [6, 6.07) is 3.98. The second kappa shape index (κ2) is 7.27. The van der Waals surface area contributed by atoms with Gasteiger partial charge >= 0.3 is 0 Å². The first kappa shape index (κ1) is 18.5. The van der Waals surface area contributed by atoms with Gasteiger partial charge in [-0.2, -0.15) is 5.10 Å². The van der Waals surface area contributed by atoms with E-state index in [-0.39, 0.29) is 17.4 Å². The number of fused-ring (bicyclic) bond motifs is 1. The Morgan fingerprint density at radius 2 is 2.14 bits per heavy atom. The fourth-order valence-electron chi connectivity index (χ4n) is 3.17. The van der Waals surface area contributed by atoms with E-state index < -0.39 is 13.0 Å². The third-order valence-electron chi connectivity index (χ3n) is 4.37. The number of ether oxygens (including phenoxy) is 1. The van der Waals surface area contributed by atoms with E-state index in [4.69, 9.17) is 4.74 Å². The van der Waals surface area contributed by atoms with Crippen LogP contribution in [-0.4, -0.2) is 43.6 Å². The molecule has 1 aliphatic rings. The lowest BCUT2D eigenvalue weighted by Gasteiger charge is -2.14. The molecule has 0 radical (unpaired) electrons. The molecule has 0 aliphatic carbocycles. The number of thiophene rings is 1. The highest BCUT2D eigenvalue weighted by molar-refractivity contribution is 7.15. The van der Waals surface area contributed by atoms with Crippen LogP contribution in [-0.2, 0) is 20.1 Å². The quantitative estimate of drug-likeness (QED) is 0.630. The number of carbonyl (C=O) groups is 1. The molecule has 3 aromatic rings. The normalized spacial score (nSPS) is 13.5. The highest BCUT2D eigenvalue weighted by Crippen LogP contribution is 2.33. The van der Waals surface area contributed by atoms with Crippen LogP contribution in [0.5, 0.6) is 5.88 Å². The van der Waals surface area contributed by atoms with Crippen LogP contribution in [0.1, 0.15) is 26.6 Å². The lowest BCUT2D eigenvalue weighted by atomic mass is 10.2. The van der Waals surface area contributed by atoms with Crippen LogP contribution in [0.3, 0.4) is 0 Å². The SMILES string of the molecule is Cc1nn(C)cc1-c1ccc(CN2Cc3ncnc(OCC(F)F)c3C2=O)s1. The van der Waals surface area contributed by atoms with E-state index in [9.17, 15) is 13.6 Å². The maximum atomic E-state index is 12.8. The summed E-state index contributed by atoms with van der Waals surface area (Å²) in [5.74, 6) is -0.400. The number of aromatic nitrogens is 4. The number of rotatable bonds is 6. The van der Waals surface area contributed by atoms with Crippen molar-refractivity contribution in [1.29, 1.82) is 0 Å². The second-order valence-electron chi connectivity index (χ2n) is 6.43. The highest BCUT2D eigenvalue weighted by atomic mass is 32.1. The number of alkyl halides is 2. The molecule has 7 nitrogen and oxygen atoms in total. The molecule has 0 saturated carbocycles. The minimum Gasteiger partial charge on any atom is -0.471 e. The molecule has 0 atom stereocenters. The van der Waals surface area contributed by atoms with Crippen LogP contribution in [0.15, 0.2) is 24.7 Å². The van der Waals surface area contributed by atoms with Gasteiger partial charge in [0.15, 0.2) is 6.61 Å². The molecule has 0 spiro atoms. The molecular weight excluding hydrogens is 388 g/mol. The lowest BCUT2D eigenvalue weighted by molar-refractivity contribution is 0.0720. The molecule has 1 amide bonds. The molecule has 1 aliphatic heterocycles. The topological polar surface area (TPSA) is 73.1 Å². The molecule has 10 heteroatoms. The van der Waals surface area contributed by atoms with Gasteiger partial charge in [-0.15, -0.1) is 11.3 Å². The van der Waals surface area contributed by atoms with Crippen LogP contribution >= 0.6 is 11.3 Å². The Bertz CT molecular complexity index is 1030. The minimum atomic E-state index is -2.64. The average Bonchev–Trinajstić information content (AvgIpc) is 3.32. The maximum absolute atomic E-state index is 12.8. The zero-order chi connectivity index (χ0) is 19.8. The van der Waals surface area contributed by atoms with E-state index in [1.807, 2.05) is 32.3 Å². The number of amides is 1. The Hall–Kier alpha value is -2.88. The van der Waals surface area contributed by atoms with Gasteiger partial charge in [-0.05, 0) is 19.1 Å². The van der Waals surface area contributed by atoms with Gasteiger partial charge in [0.05, 0.1) is 24.5 Å². The Morgan fingerprint density at radius 1 is 1.32 bits per heavy atom. The van der Waals surface area contributed by atoms with Gasteiger partial charge in [0.1, 0.15) is 11.9 Å². The number of hydrogen-bond acceptors (Lipinski definition) is 6. The first-order valence-corrected chi connectivity index (χ1v) is 9.37. The first-order valence-electron chi connectivity index (χ1n) is 8.56. The van der Waals surface area contributed by atoms with E-state index in [2.05, 4.69) is 15.1 Å². The zero-order valence-electron chi connectivity index (χ0n) is 15.2. The van der Waals surface area contributed by atoms with Crippen molar-refractivity contribution in [3.8, 4) is 16.3 Å². The number of aryl methyl sites for hydroxylation is 2. The standard InChI is InChI=1S/C18H17F2N5O2S/c1-10-12(6-24(2)23-10)14-4-3-11(28-14)5-25-7-13-16(18(25)26)17(22-9-21-13)27-8-15(19)20/h3-4,6,9,15H,5,7-8H2,1-2H3. The predicted molar refractivity (Wildman–Crippen MR) is 98.4 cm³/mol. The van der Waals surface area contributed by atoms with E-state index in [0.29, 0.717) is 18.8 Å². The third kappa shape index (κ3) is 3.47. The van der Waals surface area contributed by atoms with Crippen molar-refractivity contribution >= 4 is 17.2 Å². The molecule has 0 unspecified atom stereocenters. The second-order valence-corrected chi connectivity index (χ2v) is 7.60. The highest BCUT2D eigenvalue weighted by Gasteiger charge is 2.33. The van der Waals surface area contributed by atoms with Crippen molar-refractivity contribution in [2.24, 2.45) is 7.05 Å². The van der Waals surface area contributed by atoms with Crippen LogP contribution in [0.2, 0.25) is 0 Å². The van der Waals surface area contributed by atoms with Crippen LogP contribution in [0.4, 0.5) is 8.78 Å². The monoisotopic (exact) mass is 405 g/mol. The van der Waals surface area contributed by atoms with Gasteiger partial charge in [0.25, 0.3) is 12.3 Å². The average molecular weight is 405 g/mol. The van der Waals surface area contributed by atoms with Gasteiger partial charge in [-0.25, -0.2) is 18.7 Å². The third-order valence-corrected chi connectivity index (χ3v) is 5.47.